The Kier molecular flexibility index (Phi) is 8.38. The summed E-state index contributed by atoms with van der Waals surface area (Å²) in [4.78, 5) is 20.0. The number of hydrogen-bond donors (Lipinski definition) is 1. The lowest BCUT2D eigenvalue weighted by molar-refractivity contribution is 0.117. The Hall–Kier alpha value is -2.67. The summed E-state index contributed by atoms with van der Waals surface area (Å²) in [5, 5.41) is 0. The molecule has 1 aliphatic rings. The van der Waals surface area contributed by atoms with Gasteiger partial charge in [-0.05, 0) is 47.7 Å². The van der Waals surface area contributed by atoms with Gasteiger partial charge in [0.1, 0.15) is 0 Å². The van der Waals surface area contributed by atoms with Gasteiger partial charge in [0.2, 0.25) is 0 Å². The Morgan fingerprint density at radius 3 is 2.21 bits per heavy atom. The predicted octanol–water partition coefficient (Wildman–Crippen LogP) is 5.63. The van der Waals surface area contributed by atoms with E-state index < -0.39 is 0 Å². The molecule has 5 nitrogen and oxygen atoms in total. The minimum absolute atomic E-state index is 0.0401. The zero-order chi connectivity index (χ0) is 23.9. The highest BCUT2D eigenvalue weighted by atomic mass is 79.9. The van der Waals surface area contributed by atoms with E-state index in [1.165, 1.54) is 5.56 Å². The van der Waals surface area contributed by atoms with E-state index in [2.05, 4.69) is 68.2 Å². The van der Waals surface area contributed by atoms with Crippen LogP contribution >= 0.6 is 15.9 Å². The van der Waals surface area contributed by atoms with Crippen LogP contribution in [0.4, 0.5) is 10.5 Å². The first kappa shape index (κ1) is 24.5. The maximum atomic E-state index is 13.7. The molecule has 2 amide bonds. The highest BCUT2D eigenvalue weighted by molar-refractivity contribution is 9.10. The van der Waals surface area contributed by atoms with Gasteiger partial charge in [-0.15, -0.1) is 0 Å². The molecule has 1 heterocycles. The van der Waals surface area contributed by atoms with Crippen molar-refractivity contribution in [2.45, 2.75) is 38.5 Å². The Morgan fingerprint density at radius 2 is 1.56 bits per heavy atom. The van der Waals surface area contributed by atoms with Crippen molar-refractivity contribution >= 4 is 27.6 Å². The standard InChI is InChI=1S/C28H33BrN4O/c1-31(25-8-3-2-4-9-25)28(34)33(20-23-13-11-22(19-30)12-14-23)26-15-17-32(18-16-26)21-24-7-5-6-10-27(24)29/h2-14,26H,15-21,30H2,1H3. The van der Waals surface area contributed by atoms with Gasteiger partial charge in [-0.25, -0.2) is 4.79 Å². The van der Waals surface area contributed by atoms with Crippen LogP contribution in [0.15, 0.2) is 83.3 Å². The average molecular weight is 522 g/mol. The topological polar surface area (TPSA) is 52.8 Å². The Balaban J connectivity index is 1.48. The molecular formula is C28H33BrN4O. The minimum atomic E-state index is 0.0401. The summed E-state index contributed by atoms with van der Waals surface area (Å²) in [6.45, 7) is 3.98. The molecular weight excluding hydrogens is 488 g/mol. The van der Waals surface area contributed by atoms with Gasteiger partial charge >= 0.3 is 6.03 Å². The molecule has 0 bridgehead atoms. The molecule has 0 unspecified atom stereocenters. The fraction of sp³-hybridized carbons (Fsp3) is 0.321. The Labute approximate surface area is 211 Å². The van der Waals surface area contributed by atoms with Gasteiger partial charge in [0, 0.05) is 56.0 Å². The summed E-state index contributed by atoms with van der Waals surface area (Å²) in [5.41, 5.74) is 10.2. The fourth-order valence-corrected chi connectivity index (χ4v) is 4.95. The summed E-state index contributed by atoms with van der Waals surface area (Å²) >= 11 is 3.67. The first-order valence-corrected chi connectivity index (χ1v) is 12.7. The van der Waals surface area contributed by atoms with Crippen LogP contribution in [-0.4, -0.2) is 42.0 Å². The van der Waals surface area contributed by atoms with Crippen molar-refractivity contribution in [3.8, 4) is 0 Å². The number of carbonyl (C=O) groups is 1. The van der Waals surface area contributed by atoms with E-state index in [-0.39, 0.29) is 12.1 Å². The molecule has 34 heavy (non-hydrogen) atoms. The highest BCUT2D eigenvalue weighted by Crippen LogP contribution is 2.25. The number of nitrogens with zero attached hydrogens (tertiary/aromatic N) is 3. The number of rotatable bonds is 7. The van der Waals surface area contributed by atoms with E-state index in [9.17, 15) is 4.79 Å². The average Bonchev–Trinajstić information content (AvgIpc) is 2.89. The van der Waals surface area contributed by atoms with Crippen LogP contribution in [0.2, 0.25) is 0 Å². The second kappa shape index (κ2) is 11.6. The summed E-state index contributed by atoms with van der Waals surface area (Å²) in [7, 11) is 1.87. The Bertz CT molecular complexity index is 1070. The van der Waals surface area contributed by atoms with Crippen molar-refractivity contribution in [2.75, 3.05) is 25.0 Å². The molecule has 0 spiro atoms. The molecule has 3 aromatic carbocycles. The maximum absolute atomic E-state index is 13.7. The predicted molar refractivity (Wildman–Crippen MR) is 143 cm³/mol. The van der Waals surface area contributed by atoms with Crippen molar-refractivity contribution < 1.29 is 4.79 Å². The van der Waals surface area contributed by atoms with Crippen molar-refractivity contribution in [1.82, 2.24) is 9.80 Å². The molecule has 0 aromatic heterocycles. The van der Waals surface area contributed by atoms with Gasteiger partial charge in [-0.1, -0.05) is 76.6 Å². The second-order valence-corrected chi connectivity index (χ2v) is 9.78. The molecule has 2 N–H and O–H groups in total. The fourth-order valence-electron chi connectivity index (χ4n) is 4.54. The number of urea groups is 1. The monoisotopic (exact) mass is 520 g/mol. The third-order valence-corrected chi connectivity index (χ3v) is 7.41. The van der Waals surface area contributed by atoms with Crippen LogP contribution in [0, 0.1) is 0 Å². The summed E-state index contributed by atoms with van der Waals surface area (Å²) < 4.78 is 1.15. The third-order valence-electron chi connectivity index (χ3n) is 6.64. The molecule has 0 radical (unpaired) electrons. The van der Waals surface area contributed by atoms with Crippen LogP contribution in [0.25, 0.3) is 0 Å². The molecule has 6 heteroatoms. The molecule has 0 saturated carbocycles. The van der Waals surface area contributed by atoms with Crippen LogP contribution in [-0.2, 0) is 19.6 Å². The summed E-state index contributed by atoms with van der Waals surface area (Å²) in [5.74, 6) is 0. The molecule has 4 rings (SSSR count). The van der Waals surface area contributed by atoms with Gasteiger partial charge in [-0.3, -0.25) is 9.80 Å². The largest absolute Gasteiger partial charge is 0.326 e. The highest BCUT2D eigenvalue weighted by Gasteiger charge is 2.30. The van der Waals surface area contributed by atoms with E-state index >= 15 is 0 Å². The zero-order valence-corrected chi connectivity index (χ0v) is 21.3. The molecule has 1 aliphatic heterocycles. The lowest BCUT2D eigenvalue weighted by Gasteiger charge is -2.40. The van der Waals surface area contributed by atoms with Gasteiger partial charge in [0.05, 0.1) is 0 Å². The van der Waals surface area contributed by atoms with E-state index in [4.69, 9.17) is 5.73 Å². The number of amides is 2. The number of hydrogen-bond acceptors (Lipinski definition) is 3. The number of likely N-dealkylation sites (tertiary alicyclic amines) is 1. The van der Waals surface area contributed by atoms with Gasteiger partial charge in [0.25, 0.3) is 0 Å². The van der Waals surface area contributed by atoms with Gasteiger partial charge in [0.15, 0.2) is 0 Å². The number of nitrogens with two attached hydrogens (primary N) is 1. The van der Waals surface area contributed by atoms with Crippen molar-refractivity contribution in [1.29, 1.82) is 0 Å². The van der Waals surface area contributed by atoms with Crippen LogP contribution in [0.5, 0.6) is 0 Å². The maximum Gasteiger partial charge on any atom is 0.324 e. The summed E-state index contributed by atoms with van der Waals surface area (Å²) in [6, 6.07) is 26.8. The number of para-hydroxylation sites is 1. The molecule has 1 fully saturated rings. The van der Waals surface area contributed by atoms with Crippen LogP contribution in [0.1, 0.15) is 29.5 Å². The quantitative estimate of drug-likeness (QED) is 0.439. The number of anilines is 1. The number of benzene rings is 3. The van der Waals surface area contributed by atoms with Crippen LogP contribution < -0.4 is 10.6 Å². The molecule has 0 atom stereocenters. The van der Waals surface area contributed by atoms with E-state index in [0.29, 0.717) is 13.1 Å². The van der Waals surface area contributed by atoms with E-state index in [1.54, 1.807) is 4.90 Å². The lowest BCUT2D eigenvalue weighted by atomic mass is 10.0. The van der Waals surface area contributed by atoms with Gasteiger partial charge in [-0.2, -0.15) is 0 Å². The Morgan fingerprint density at radius 1 is 0.941 bits per heavy atom. The van der Waals surface area contributed by atoms with Crippen molar-refractivity contribution in [3.05, 3.63) is 100 Å². The molecule has 3 aromatic rings. The first-order valence-electron chi connectivity index (χ1n) is 11.9. The normalized spacial score (nSPS) is 14.7. The second-order valence-electron chi connectivity index (χ2n) is 8.92. The molecule has 1 saturated heterocycles. The SMILES string of the molecule is CN(C(=O)N(Cc1ccc(CN)cc1)C1CCN(Cc2ccccc2Br)CC1)c1ccccc1. The minimum Gasteiger partial charge on any atom is -0.326 e. The lowest BCUT2D eigenvalue weighted by Crippen LogP contribution is -2.50. The molecule has 0 aliphatic carbocycles. The van der Waals surface area contributed by atoms with E-state index in [0.717, 1.165) is 53.8 Å². The number of piperidine rings is 1. The summed E-state index contributed by atoms with van der Waals surface area (Å²) in [6.07, 6.45) is 1.92. The number of carbonyl (C=O) groups excluding carboxylic acids is 1. The van der Waals surface area contributed by atoms with Crippen molar-refractivity contribution in [3.63, 3.8) is 0 Å². The van der Waals surface area contributed by atoms with Gasteiger partial charge < -0.3 is 10.6 Å². The number of halogens is 1. The van der Waals surface area contributed by atoms with Crippen LogP contribution in [0.3, 0.4) is 0 Å². The third kappa shape index (κ3) is 6.06. The first-order chi connectivity index (χ1) is 16.5. The zero-order valence-electron chi connectivity index (χ0n) is 19.7. The van der Waals surface area contributed by atoms with Crippen molar-refractivity contribution in [2.24, 2.45) is 5.73 Å². The van der Waals surface area contributed by atoms with E-state index in [1.807, 2.05) is 43.4 Å². The smallest absolute Gasteiger partial charge is 0.324 e. The molecule has 178 valence electrons.